The highest BCUT2D eigenvalue weighted by atomic mass is 31.2. The Bertz CT molecular complexity index is 747. The molecule has 0 radical (unpaired) electrons. The molecule has 0 aliphatic rings. The summed E-state index contributed by atoms with van der Waals surface area (Å²) in [5, 5.41) is 24.8. The topological polar surface area (TPSA) is 135 Å². The van der Waals surface area contributed by atoms with Gasteiger partial charge in [0.05, 0.1) is 18.8 Å². The molecule has 34 heavy (non-hydrogen) atoms. The summed E-state index contributed by atoms with van der Waals surface area (Å²) in [4.78, 5) is 26.3. The summed E-state index contributed by atoms with van der Waals surface area (Å²) in [6.07, 6.45) is -1.23. The Morgan fingerprint density at radius 1 is 1.06 bits per heavy atom. The molecule has 0 spiro atoms. The Kier molecular flexibility index (Phi) is 14.7. The second-order valence-electron chi connectivity index (χ2n) is 8.49. The van der Waals surface area contributed by atoms with Crippen LogP contribution >= 0.6 is 7.60 Å². The molecule has 1 rings (SSSR count). The van der Waals surface area contributed by atoms with Crippen LogP contribution in [0.15, 0.2) is 24.3 Å². The zero-order chi connectivity index (χ0) is 25.6. The van der Waals surface area contributed by atoms with Gasteiger partial charge in [-0.1, -0.05) is 19.1 Å². The number of aliphatic hydroxyl groups excluding tert-OH is 2. The maximum atomic E-state index is 12.2. The molecular formula is C23H43N4O6P. The van der Waals surface area contributed by atoms with Crippen LogP contribution < -0.4 is 10.6 Å². The van der Waals surface area contributed by atoms with E-state index in [4.69, 9.17) is 4.52 Å². The lowest BCUT2D eigenvalue weighted by Crippen LogP contribution is -2.42. The molecule has 3 atom stereocenters. The van der Waals surface area contributed by atoms with Crippen LogP contribution in [-0.2, 0) is 15.6 Å². The monoisotopic (exact) mass is 502 g/mol. The Balaban J connectivity index is 2.56. The molecule has 0 saturated carbocycles. The van der Waals surface area contributed by atoms with Crippen LogP contribution in [0.2, 0.25) is 0 Å². The number of carbonyl (C=O) groups is 1. The molecule has 10 nitrogen and oxygen atoms in total. The molecular weight excluding hydrogens is 459 g/mol. The van der Waals surface area contributed by atoms with Crippen molar-refractivity contribution in [2.24, 2.45) is 0 Å². The fourth-order valence-electron chi connectivity index (χ4n) is 3.39. The van der Waals surface area contributed by atoms with Crippen molar-refractivity contribution in [3.05, 3.63) is 35.4 Å². The second-order valence-corrected chi connectivity index (χ2v) is 10.3. The van der Waals surface area contributed by atoms with Crippen molar-refractivity contribution in [1.29, 1.82) is 0 Å². The van der Waals surface area contributed by atoms with Gasteiger partial charge in [-0.2, -0.15) is 0 Å². The lowest BCUT2D eigenvalue weighted by Gasteiger charge is -2.28. The summed E-state index contributed by atoms with van der Waals surface area (Å²) >= 11 is 0. The molecule has 0 aliphatic carbocycles. The van der Waals surface area contributed by atoms with Gasteiger partial charge in [0, 0.05) is 51.4 Å². The van der Waals surface area contributed by atoms with Gasteiger partial charge in [-0.15, -0.1) is 0 Å². The zero-order valence-corrected chi connectivity index (χ0v) is 21.8. The van der Waals surface area contributed by atoms with E-state index < -0.39 is 25.9 Å². The summed E-state index contributed by atoms with van der Waals surface area (Å²) in [6.45, 7) is 13.2. The van der Waals surface area contributed by atoms with E-state index in [-0.39, 0.29) is 12.7 Å². The molecule has 0 aromatic heterocycles. The summed E-state index contributed by atoms with van der Waals surface area (Å²) in [5.41, 5.74) is 1.47. The van der Waals surface area contributed by atoms with Crippen molar-refractivity contribution in [3.8, 4) is 0 Å². The van der Waals surface area contributed by atoms with Gasteiger partial charge in [0.15, 0.2) is 0 Å². The van der Waals surface area contributed by atoms with Crippen molar-refractivity contribution >= 4 is 13.5 Å². The maximum absolute atomic E-state index is 12.2. The number of hydrogen-bond acceptors (Lipinski definition) is 8. The number of likely N-dealkylation sites (N-methyl/N-ethyl adjacent to an activating group) is 1. The van der Waals surface area contributed by atoms with E-state index in [1.165, 1.54) is 0 Å². The first-order valence-electron chi connectivity index (χ1n) is 11.9. The summed E-state index contributed by atoms with van der Waals surface area (Å²) in [6, 6.07) is 7.17. The van der Waals surface area contributed by atoms with Crippen LogP contribution in [0.1, 0.15) is 43.6 Å². The Morgan fingerprint density at radius 2 is 1.71 bits per heavy atom. The predicted molar refractivity (Wildman–Crippen MR) is 134 cm³/mol. The number of hydrogen-bond donors (Lipinski definition) is 5. The molecule has 196 valence electrons. The Labute approximate surface area is 203 Å². The van der Waals surface area contributed by atoms with Crippen molar-refractivity contribution in [2.45, 2.75) is 46.4 Å². The van der Waals surface area contributed by atoms with E-state index in [1.807, 2.05) is 12.1 Å². The number of nitrogens with zero attached hydrogens (tertiary/aromatic N) is 2. The molecule has 1 aromatic rings. The first kappa shape index (κ1) is 30.7. The summed E-state index contributed by atoms with van der Waals surface area (Å²) in [5.74, 6) is -0.425. The van der Waals surface area contributed by atoms with Crippen molar-refractivity contribution < 1.29 is 29.0 Å². The number of benzene rings is 1. The highest BCUT2D eigenvalue weighted by molar-refractivity contribution is 7.52. The minimum atomic E-state index is -3.81. The number of amides is 1. The highest BCUT2D eigenvalue weighted by Gasteiger charge is 2.20. The van der Waals surface area contributed by atoms with Crippen LogP contribution in [0, 0.1) is 0 Å². The average molecular weight is 503 g/mol. The fraction of sp³-hybridized carbons (Fsp3) is 0.696. The van der Waals surface area contributed by atoms with Crippen LogP contribution in [0.4, 0.5) is 0 Å². The number of rotatable bonds is 18. The summed E-state index contributed by atoms with van der Waals surface area (Å²) in [7, 11) is -3.81. The SMILES string of the molecule is CCOP(=O)(O)CNC(=O)c1ccc(CN(CC)CCN(CCNC[C@H](C)O)C[C@H](C)O)cc1. The first-order valence-corrected chi connectivity index (χ1v) is 13.7. The largest absolute Gasteiger partial charge is 0.392 e. The van der Waals surface area contributed by atoms with Gasteiger partial charge in [-0.25, -0.2) is 0 Å². The normalized spacial score (nSPS) is 15.3. The van der Waals surface area contributed by atoms with Gasteiger partial charge < -0.3 is 30.3 Å². The van der Waals surface area contributed by atoms with E-state index in [9.17, 15) is 24.5 Å². The number of carbonyl (C=O) groups excluding carboxylic acids is 1. The third-order valence-electron chi connectivity index (χ3n) is 5.14. The molecule has 1 amide bonds. The third kappa shape index (κ3) is 13.5. The standard InChI is InChI=1S/C23H43N4O6P/c1-5-26(13-14-27(16-20(4)29)12-11-24-15-19(3)28)17-21-7-9-22(10-8-21)23(30)25-18-34(31,32)33-6-2/h7-10,19-20,24,28-29H,5-6,11-18H2,1-4H3,(H,25,30)(H,31,32)/t19-,20-/m0/s1. The maximum Gasteiger partial charge on any atom is 0.347 e. The van der Waals surface area contributed by atoms with Gasteiger partial charge >= 0.3 is 7.60 Å². The molecule has 0 saturated heterocycles. The van der Waals surface area contributed by atoms with E-state index in [1.54, 1.807) is 32.9 Å². The van der Waals surface area contributed by atoms with Gasteiger partial charge in [-0.3, -0.25) is 19.2 Å². The molecule has 0 fully saturated rings. The minimum absolute atomic E-state index is 0.100. The molecule has 1 aromatic carbocycles. The van der Waals surface area contributed by atoms with Gasteiger partial charge in [-0.05, 0) is 45.0 Å². The van der Waals surface area contributed by atoms with Crippen LogP contribution in [0.3, 0.4) is 0 Å². The van der Waals surface area contributed by atoms with E-state index in [2.05, 4.69) is 27.4 Å². The third-order valence-corrected chi connectivity index (χ3v) is 6.36. The molecule has 0 bridgehead atoms. The number of nitrogens with one attached hydrogen (secondary N) is 2. The number of aliphatic hydroxyl groups is 2. The van der Waals surface area contributed by atoms with Crippen LogP contribution in [0.25, 0.3) is 0 Å². The molecule has 11 heteroatoms. The second kappa shape index (κ2) is 16.3. The Morgan fingerprint density at radius 3 is 2.26 bits per heavy atom. The Hall–Kier alpha value is -1.36. The molecule has 5 N–H and O–H groups in total. The molecule has 1 unspecified atom stereocenters. The smallest absolute Gasteiger partial charge is 0.347 e. The van der Waals surface area contributed by atoms with Crippen LogP contribution in [-0.4, -0.2) is 102 Å². The lowest BCUT2D eigenvalue weighted by atomic mass is 10.1. The molecule has 0 aliphatic heterocycles. The predicted octanol–water partition coefficient (Wildman–Crippen LogP) is 1.07. The van der Waals surface area contributed by atoms with E-state index >= 15 is 0 Å². The van der Waals surface area contributed by atoms with Crippen LogP contribution in [0.5, 0.6) is 0 Å². The highest BCUT2D eigenvalue weighted by Crippen LogP contribution is 2.39. The van der Waals surface area contributed by atoms with Crippen molar-refractivity contribution in [3.63, 3.8) is 0 Å². The van der Waals surface area contributed by atoms with E-state index in [0.717, 1.165) is 44.8 Å². The molecule has 0 heterocycles. The quantitative estimate of drug-likeness (QED) is 0.148. The zero-order valence-electron chi connectivity index (χ0n) is 20.9. The van der Waals surface area contributed by atoms with Crippen molar-refractivity contribution in [1.82, 2.24) is 20.4 Å². The van der Waals surface area contributed by atoms with Crippen molar-refractivity contribution in [2.75, 3.05) is 58.7 Å². The van der Waals surface area contributed by atoms with Gasteiger partial charge in [0.2, 0.25) is 0 Å². The average Bonchev–Trinajstić information content (AvgIpc) is 2.77. The van der Waals surface area contributed by atoms with Gasteiger partial charge in [0.25, 0.3) is 5.91 Å². The minimum Gasteiger partial charge on any atom is -0.392 e. The van der Waals surface area contributed by atoms with Gasteiger partial charge in [0.1, 0.15) is 6.29 Å². The first-order chi connectivity index (χ1) is 16.1. The summed E-state index contributed by atoms with van der Waals surface area (Å²) < 4.78 is 16.5. The fourth-order valence-corrected chi connectivity index (χ4v) is 4.23. The van der Waals surface area contributed by atoms with E-state index in [0.29, 0.717) is 18.7 Å². The lowest BCUT2D eigenvalue weighted by molar-refractivity contribution is 0.0955.